The molecule has 1 atom stereocenters. The first kappa shape index (κ1) is 7.98. The fourth-order valence-electron chi connectivity index (χ4n) is 2.02. The Balaban J connectivity index is 2.34. The zero-order valence-corrected chi connectivity index (χ0v) is 8.05. The van der Waals surface area contributed by atoms with E-state index in [1.165, 1.54) is 0 Å². The van der Waals surface area contributed by atoms with Crippen molar-refractivity contribution in [1.82, 2.24) is 10.6 Å². The number of nitrogens with one attached hydrogen (secondary N) is 2. The van der Waals surface area contributed by atoms with Gasteiger partial charge >= 0.3 is 0 Å². The Bertz CT molecular complexity index is 274. The van der Waals surface area contributed by atoms with E-state index in [1.807, 2.05) is 0 Å². The average molecular weight is 184 g/mol. The van der Waals surface area contributed by atoms with Crippen LogP contribution in [0.5, 0.6) is 0 Å². The van der Waals surface area contributed by atoms with Crippen molar-refractivity contribution in [2.24, 2.45) is 5.41 Å². The maximum atomic E-state index is 11.5. The minimum absolute atomic E-state index is 0.0393. The van der Waals surface area contributed by atoms with Crippen LogP contribution in [0.2, 0.25) is 0 Å². The Morgan fingerprint density at radius 3 is 2.25 bits per heavy atom. The lowest BCUT2D eigenvalue weighted by atomic mass is 9.56. The van der Waals surface area contributed by atoms with Crippen molar-refractivity contribution in [3.8, 4) is 0 Å². The van der Waals surface area contributed by atoms with Gasteiger partial charge in [-0.3, -0.25) is 4.79 Å². The Morgan fingerprint density at radius 2 is 2.08 bits per heavy atom. The zero-order valence-electron chi connectivity index (χ0n) is 7.23. The summed E-state index contributed by atoms with van der Waals surface area (Å²) in [4.78, 5) is 11.5. The van der Waals surface area contributed by atoms with E-state index in [4.69, 9.17) is 12.2 Å². The summed E-state index contributed by atoms with van der Waals surface area (Å²) in [6.07, 6.45) is 1.97. The van der Waals surface area contributed by atoms with Gasteiger partial charge in [0, 0.05) is 0 Å². The second kappa shape index (κ2) is 1.99. The van der Waals surface area contributed by atoms with Crippen molar-refractivity contribution >= 4 is 23.2 Å². The molecule has 0 radical (unpaired) electrons. The molecule has 1 spiro atoms. The molecule has 2 aliphatic rings. The second-order valence-corrected chi connectivity index (χ2v) is 4.61. The molecule has 1 unspecified atom stereocenters. The molecule has 66 valence electrons. The summed E-state index contributed by atoms with van der Waals surface area (Å²) >= 11 is 4.90. The molecule has 4 heteroatoms. The van der Waals surface area contributed by atoms with E-state index in [0.29, 0.717) is 5.11 Å². The van der Waals surface area contributed by atoms with Gasteiger partial charge in [-0.05, 0) is 30.5 Å². The highest BCUT2D eigenvalue weighted by Gasteiger charge is 2.61. The van der Waals surface area contributed by atoms with E-state index in [2.05, 4.69) is 24.5 Å². The predicted octanol–water partition coefficient (Wildman–Crippen LogP) is 0.549. The third-order valence-corrected chi connectivity index (χ3v) is 3.43. The van der Waals surface area contributed by atoms with Crippen LogP contribution < -0.4 is 10.6 Å². The zero-order chi connectivity index (χ0) is 8.98. The van der Waals surface area contributed by atoms with Gasteiger partial charge < -0.3 is 10.6 Å². The van der Waals surface area contributed by atoms with Crippen molar-refractivity contribution in [2.75, 3.05) is 0 Å². The predicted molar refractivity (Wildman–Crippen MR) is 49.6 cm³/mol. The molecule has 0 aromatic rings. The molecule has 1 aliphatic heterocycles. The molecule has 2 rings (SSSR count). The first-order valence-electron chi connectivity index (χ1n) is 4.12. The summed E-state index contributed by atoms with van der Waals surface area (Å²) in [6.45, 7) is 4.19. The highest BCUT2D eigenvalue weighted by atomic mass is 32.1. The third-order valence-electron chi connectivity index (χ3n) is 3.22. The van der Waals surface area contributed by atoms with E-state index in [9.17, 15) is 4.79 Å². The number of hydrogen-bond donors (Lipinski definition) is 2. The van der Waals surface area contributed by atoms with E-state index in [1.54, 1.807) is 0 Å². The molecule has 1 aliphatic carbocycles. The van der Waals surface area contributed by atoms with Gasteiger partial charge in [-0.25, -0.2) is 0 Å². The van der Waals surface area contributed by atoms with Crippen LogP contribution in [-0.2, 0) is 4.79 Å². The smallest absolute Gasteiger partial charge is 0.252 e. The van der Waals surface area contributed by atoms with Gasteiger partial charge in [-0.1, -0.05) is 13.8 Å². The van der Waals surface area contributed by atoms with Crippen LogP contribution in [0.15, 0.2) is 0 Å². The number of carbonyl (C=O) groups excluding carboxylic acids is 1. The van der Waals surface area contributed by atoms with Crippen molar-refractivity contribution in [3.63, 3.8) is 0 Å². The van der Waals surface area contributed by atoms with Crippen LogP contribution >= 0.6 is 12.2 Å². The first-order valence-corrected chi connectivity index (χ1v) is 4.52. The molecular formula is C8H12N2OS. The van der Waals surface area contributed by atoms with Crippen LogP contribution in [0, 0.1) is 5.41 Å². The van der Waals surface area contributed by atoms with Crippen LogP contribution in [-0.4, -0.2) is 16.6 Å². The topological polar surface area (TPSA) is 41.1 Å². The van der Waals surface area contributed by atoms with E-state index in [-0.39, 0.29) is 11.3 Å². The fraction of sp³-hybridized carbons (Fsp3) is 0.750. The lowest BCUT2D eigenvalue weighted by Gasteiger charge is -2.51. The lowest BCUT2D eigenvalue weighted by Crippen LogP contribution is -2.64. The van der Waals surface area contributed by atoms with E-state index in [0.717, 1.165) is 12.8 Å². The summed E-state index contributed by atoms with van der Waals surface area (Å²) in [6, 6.07) is 0. The molecule has 1 saturated carbocycles. The molecule has 1 amide bonds. The average Bonchev–Trinajstić information content (AvgIpc) is 2.26. The molecule has 2 fully saturated rings. The third kappa shape index (κ3) is 0.710. The van der Waals surface area contributed by atoms with Crippen molar-refractivity contribution in [3.05, 3.63) is 0 Å². The van der Waals surface area contributed by atoms with Crippen molar-refractivity contribution in [1.29, 1.82) is 0 Å². The van der Waals surface area contributed by atoms with Crippen LogP contribution in [0.25, 0.3) is 0 Å². The SMILES string of the molecule is CC1(C)CCC12NC(=S)NC2=O. The minimum atomic E-state index is -0.399. The Kier molecular flexibility index (Phi) is 1.32. The number of carbonyl (C=O) groups is 1. The van der Waals surface area contributed by atoms with Crippen molar-refractivity contribution in [2.45, 2.75) is 32.2 Å². The Labute approximate surface area is 76.9 Å². The molecular weight excluding hydrogens is 172 g/mol. The molecule has 0 bridgehead atoms. The second-order valence-electron chi connectivity index (χ2n) is 4.20. The van der Waals surface area contributed by atoms with Crippen molar-refractivity contribution < 1.29 is 4.79 Å². The van der Waals surface area contributed by atoms with Gasteiger partial charge in [0.2, 0.25) is 0 Å². The Morgan fingerprint density at radius 1 is 1.42 bits per heavy atom. The van der Waals surface area contributed by atoms with Gasteiger partial charge in [-0.15, -0.1) is 0 Å². The van der Waals surface area contributed by atoms with Crippen LogP contribution in [0.4, 0.5) is 0 Å². The van der Waals surface area contributed by atoms with Gasteiger partial charge in [0.15, 0.2) is 5.11 Å². The van der Waals surface area contributed by atoms with Gasteiger partial charge in [0.25, 0.3) is 5.91 Å². The number of rotatable bonds is 0. The summed E-state index contributed by atoms with van der Waals surface area (Å²) in [7, 11) is 0. The summed E-state index contributed by atoms with van der Waals surface area (Å²) in [5.41, 5.74) is -0.359. The maximum absolute atomic E-state index is 11.5. The highest BCUT2D eigenvalue weighted by molar-refractivity contribution is 7.80. The summed E-state index contributed by atoms with van der Waals surface area (Å²) in [5, 5.41) is 6.20. The summed E-state index contributed by atoms with van der Waals surface area (Å²) in [5.74, 6) is 0.0451. The van der Waals surface area contributed by atoms with E-state index < -0.39 is 5.54 Å². The largest absolute Gasteiger partial charge is 0.348 e. The number of hydrogen-bond acceptors (Lipinski definition) is 2. The van der Waals surface area contributed by atoms with Crippen LogP contribution in [0.3, 0.4) is 0 Å². The first-order chi connectivity index (χ1) is 5.48. The highest BCUT2D eigenvalue weighted by Crippen LogP contribution is 2.50. The monoisotopic (exact) mass is 184 g/mol. The molecule has 1 heterocycles. The maximum Gasteiger partial charge on any atom is 0.252 e. The standard InChI is InChI=1S/C8H12N2OS/c1-7(2)3-4-8(7)5(11)9-6(12)10-8/h3-4H2,1-2H3,(H2,9,10,11,12). The molecule has 12 heavy (non-hydrogen) atoms. The van der Waals surface area contributed by atoms with Gasteiger partial charge in [0.1, 0.15) is 5.54 Å². The molecule has 1 saturated heterocycles. The number of amides is 1. The van der Waals surface area contributed by atoms with Gasteiger partial charge in [-0.2, -0.15) is 0 Å². The quantitative estimate of drug-likeness (QED) is 0.540. The van der Waals surface area contributed by atoms with Crippen LogP contribution in [0.1, 0.15) is 26.7 Å². The van der Waals surface area contributed by atoms with Gasteiger partial charge in [0.05, 0.1) is 0 Å². The number of thiocarbonyl (C=S) groups is 1. The fourth-order valence-corrected chi connectivity index (χ4v) is 2.29. The molecule has 0 aromatic heterocycles. The molecule has 3 nitrogen and oxygen atoms in total. The Hall–Kier alpha value is -0.640. The molecule has 2 N–H and O–H groups in total. The summed E-state index contributed by atoms with van der Waals surface area (Å²) < 4.78 is 0. The normalized spacial score (nSPS) is 37.5. The van der Waals surface area contributed by atoms with E-state index >= 15 is 0 Å². The lowest BCUT2D eigenvalue weighted by molar-refractivity contribution is -0.135. The minimum Gasteiger partial charge on any atom is -0.348 e. The molecule has 0 aromatic carbocycles.